The molecule has 0 aliphatic carbocycles. The number of amides is 4. The number of urea groups is 1. The number of ether oxygens (including phenoxy) is 2. The Morgan fingerprint density at radius 1 is 1.26 bits per heavy atom. The number of hydrogen-bond acceptors (Lipinski definition) is 7. The van der Waals surface area contributed by atoms with E-state index >= 15 is 0 Å². The second-order valence-corrected chi connectivity index (χ2v) is 10.3. The minimum atomic E-state index is -3.17. The van der Waals surface area contributed by atoms with E-state index in [-0.39, 0.29) is 11.5 Å². The number of likely N-dealkylation sites (N-methyl/N-ethyl adjacent to an activating group) is 1. The fourth-order valence-corrected chi connectivity index (χ4v) is 6.01. The summed E-state index contributed by atoms with van der Waals surface area (Å²) < 4.78 is 34.6. The summed E-state index contributed by atoms with van der Waals surface area (Å²) in [5, 5.41) is 2.67. The van der Waals surface area contributed by atoms with Crippen molar-refractivity contribution in [1.82, 2.24) is 15.1 Å². The molecule has 4 rings (SSSR count). The number of nitrogens with one attached hydrogen (secondary N) is 1. The molecule has 0 spiro atoms. The van der Waals surface area contributed by atoms with Gasteiger partial charge in [0.05, 0.1) is 11.5 Å². The summed E-state index contributed by atoms with van der Waals surface area (Å²) in [5.74, 6) is -0.0280. The van der Waals surface area contributed by atoms with Crippen molar-refractivity contribution in [3.05, 3.63) is 23.8 Å². The van der Waals surface area contributed by atoms with Crippen LogP contribution in [0.4, 0.5) is 4.79 Å². The van der Waals surface area contributed by atoms with Gasteiger partial charge in [0.15, 0.2) is 21.3 Å². The number of imide groups is 1. The van der Waals surface area contributed by atoms with E-state index < -0.39 is 45.8 Å². The van der Waals surface area contributed by atoms with Gasteiger partial charge in [0.2, 0.25) is 5.91 Å². The third-order valence-electron chi connectivity index (χ3n) is 6.00. The largest absolute Gasteiger partial charge is 0.486 e. The standard InChI is InChI=1S/C20H25N3O7S/c1-3-22(14-6-9-31(27,28)12-14)17(24)11-23-18(25)20(2,21-19(23)26)13-4-5-15-16(10-13)30-8-7-29-15/h4-5,10,14H,3,6-9,11-12H2,1-2H3,(H,21,26)/t14-,20+/m0/s1. The molecule has 31 heavy (non-hydrogen) atoms. The van der Waals surface area contributed by atoms with Crippen LogP contribution in [0.25, 0.3) is 0 Å². The number of carbonyl (C=O) groups is 3. The Kier molecular flexibility index (Phi) is 5.32. The van der Waals surface area contributed by atoms with Crippen molar-refractivity contribution in [3.63, 3.8) is 0 Å². The second kappa shape index (κ2) is 7.70. The van der Waals surface area contributed by atoms with E-state index in [2.05, 4.69) is 5.32 Å². The van der Waals surface area contributed by atoms with Crippen LogP contribution in [0.3, 0.4) is 0 Å². The van der Waals surface area contributed by atoms with Gasteiger partial charge >= 0.3 is 6.03 Å². The molecule has 168 valence electrons. The van der Waals surface area contributed by atoms with Crippen LogP contribution in [0, 0.1) is 0 Å². The average Bonchev–Trinajstić information content (AvgIpc) is 3.20. The Morgan fingerprint density at radius 3 is 2.61 bits per heavy atom. The normalized spacial score (nSPS) is 26.6. The number of fused-ring (bicyclic) bond motifs is 1. The summed E-state index contributed by atoms with van der Waals surface area (Å²) in [6.45, 7) is 3.98. The average molecular weight is 452 g/mol. The lowest BCUT2D eigenvalue weighted by Crippen LogP contribution is -2.48. The number of carbonyl (C=O) groups excluding carboxylic acids is 3. The highest BCUT2D eigenvalue weighted by atomic mass is 32.2. The molecule has 1 N–H and O–H groups in total. The first-order valence-corrected chi connectivity index (χ1v) is 12.0. The van der Waals surface area contributed by atoms with Gasteiger partial charge in [0.25, 0.3) is 5.91 Å². The van der Waals surface area contributed by atoms with Crippen LogP contribution in [0.15, 0.2) is 18.2 Å². The highest BCUT2D eigenvalue weighted by Crippen LogP contribution is 2.36. The van der Waals surface area contributed by atoms with Crippen molar-refractivity contribution < 1.29 is 32.3 Å². The van der Waals surface area contributed by atoms with E-state index in [1.807, 2.05) is 0 Å². The quantitative estimate of drug-likeness (QED) is 0.637. The summed E-state index contributed by atoms with van der Waals surface area (Å²) in [5.41, 5.74) is -0.847. The lowest BCUT2D eigenvalue weighted by atomic mass is 9.91. The molecule has 0 saturated carbocycles. The highest BCUT2D eigenvalue weighted by molar-refractivity contribution is 7.91. The van der Waals surface area contributed by atoms with Gasteiger partial charge < -0.3 is 19.7 Å². The van der Waals surface area contributed by atoms with Gasteiger partial charge in [-0.3, -0.25) is 14.5 Å². The number of sulfone groups is 1. The predicted molar refractivity (Wildman–Crippen MR) is 109 cm³/mol. The topological polar surface area (TPSA) is 122 Å². The predicted octanol–water partition coefficient (Wildman–Crippen LogP) is 0.260. The second-order valence-electron chi connectivity index (χ2n) is 8.04. The van der Waals surface area contributed by atoms with Gasteiger partial charge in [-0.2, -0.15) is 0 Å². The maximum atomic E-state index is 13.2. The van der Waals surface area contributed by atoms with Crippen molar-refractivity contribution in [2.24, 2.45) is 0 Å². The minimum Gasteiger partial charge on any atom is -0.486 e. The zero-order valence-corrected chi connectivity index (χ0v) is 18.2. The maximum absolute atomic E-state index is 13.2. The van der Waals surface area contributed by atoms with E-state index in [0.717, 1.165) is 4.90 Å². The molecule has 3 heterocycles. The molecule has 0 aromatic heterocycles. The Labute approximate surface area is 180 Å². The van der Waals surface area contributed by atoms with Gasteiger partial charge in [-0.05, 0) is 38.0 Å². The van der Waals surface area contributed by atoms with Crippen LogP contribution in [0.2, 0.25) is 0 Å². The van der Waals surface area contributed by atoms with Crippen molar-refractivity contribution >= 4 is 27.7 Å². The lowest BCUT2D eigenvalue weighted by Gasteiger charge is -2.28. The molecule has 3 aliphatic rings. The van der Waals surface area contributed by atoms with Crippen LogP contribution >= 0.6 is 0 Å². The Hall–Kier alpha value is -2.82. The molecule has 3 aliphatic heterocycles. The molecule has 10 nitrogen and oxygen atoms in total. The first kappa shape index (κ1) is 21.4. The molecule has 2 atom stereocenters. The highest BCUT2D eigenvalue weighted by Gasteiger charge is 2.50. The van der Waals surface area contributed by atoms with E-state index in [1.54, 1.807) is 32.0 Å². The summed E-state index contributed by atoms with van der Waals surface area (Å²) in [7, 11) is -3.17. The van der Waals surface area contributed by atoms with Gasteiger partial charge in [0, 0.05) is 12.6 Å². The van der Waals surface area contributed by atoms with E-state index in [4.69, 9.17) is 9.47 Å². The molecular weight excluding hydrogens is 426 g/mol. The van der Waals surface area contributed by atoms with E-state index in [0.29, 0.717) is 43.2 Å². The Balaban J connectivity index is 1.52. The number of rotatable bonds is 5. The summed E-state index contributed by atoms with van der Waals surface area (Å²) in [6, 6.07) is 3.90. The summed E-state index contributed by atoms with van der Waals surface area (Å²) in [6.07, 6.45) is 0.358. The first-order chi connectivity index (χ1) is 14.6. The fourth-order valence-electron chi connectivity index (χ4n) is 4.28. The molecule has 2 saturated heterocycles. The van der Waals surface area contributed by atoms with Crippen molar-refractivity contribution in [1.29, 1.82) is 0 Å². The smallest absolute Gasteiger partial charge is 0.325 e. The monoisotopic (exact) mass is 451 g/mol. The molecule has 1 aromatic rings. The molecule has 0 radical (unpaired) electrons. The SMILES string of the molecule is CCN(C(=O)CN1C(=O)N[C@](C)(c2ccc3c(c2)OCCO3)C1=O)[C@H]1CCS(=O)(=O)C1. The fraction of sp³-hybridized carbons (Fsp3) is 0.550. The van der Waals surface area contributed by atoms with Crippen molar-refractivity contribution in [2.45, 2.75) is 31.8 Å². The maximum Gasteiger partial charge on any atom is 0.325 e. The van der Waals surface area contributed by atoms with E-state index in [1.165, 1.54) is 4.90 Å². The van der Waals surface area contributed by atoms with Gasteiger partial charge in [-0.25, -0.2) is 13.2 Å². The third kappa shape index (κ3) is 3.82. The van der Waals surface area contributed by atoms with Gasteiger partial charge in [-0.15, -0.1) is 0 Å². The molecule has 11 heteroatoms. The van der Waals surface area contributed by atoms with Crippen LogP contribution in [0.1, 0.15) is 25.8 Å². The van der Waals surface area contributed by atoms with Crippen LogP contribution < -0.4 is 14.8 Å². The molecule has 4 amide bonds. The zero-order chi connectivity index (χ0) is 22.4. The number of nitrogens with zero attached hydrogens (tertiary/aromatic N) is 2. The van der Waals surface area contributed by atoms with Gasteiger partial charge in [0.1, 0.15) is 25.3 Å². The summed E-state index contributed by atoms with van der Waals surface area (Å²) in [4.78, 5) is 41.0. The lowest BCUT2D eigenvalue weighted by molar-refractivity contribution is -0.139. The van der Waals surface area contributed by atoms with Crippen LogP contribution in [-0.2, 0) is 25.0 Å². The number of benzene rings is 1. The first-order valence-electron chi connectivity index (χ1n) is 10.2. The molecule has 0 unspecified atom stereocenters. The third-order valence-corrected chi connectivity index (χ3v) is 7.75. The molecule has 1 aromatic carbocycles. The zero-order valence-electron chi connectivity index (χ0n) is 17.4. The van der Waals surface area contributed by atoms with Crippen LogP contribution in [-0.4, -0.2) is 79.9 Å². The molecule has 0 bridgehead atoms. The Morgan fingerprint density at radius 2 is 1.97 bits per heavy atom. The van der Waals surface area contributed by atoms with E-state index in [9.17, 15) is 22.8 Å². The van der Waals surface area contributed by atoms with Gasteiger partial charge in [-0.1, -0.05) is 6.07 Å². The molecular formula is C20H25N3O7S. The summed E-state index contributed by atoms with van der Waals surface area (Å²) >= 11 is 0. The Bertz CT molecular complexity index is 1040. The number of hydrogen-bond donors (Lipinski definition) is 1. The van der Waals surface area contributed by atoms with Crippen molar-refractivity contribution in [2.75, 3.05) is 37.8 Å². The van der Waals surface area contributed by atoms with Crippen LogP contribution in [0.5, 0.6) is 11.5 Å². The minimum absolute atomic E-state index is 0.0345. The van der Waals surface area contributed by atoms with Crippen molar-refractivity contribution in [3.8, 4) is 11.5 Å². The molecule has 2 fully saturated rings.